The molecule has 0 radical (unpaired) electrons. The highest BCUT2D eigenvalue weighted by molar-refractivity contribution is 5.75. The Morgan fingerprint density at radius 1 is 1.21 bits per heavy atom. The van der Waals surface area contributed by atoms with Crippen molar-refractivity contribution in [3.63, 3.8) is 0 Å². The van der Waals surface area contributed by atoms with E-state index in [-0.39, 0.29) is 6.03 Å². The summed E-state index contributed by atoms with van der Waals surface area (Å²) in [5.41, 5.74) is 0.381. The Bertz CT molecular complexity index is 458. The van der Waals surface area contributed by atoms with Gasteiger partial charge in [-0.25, -0.2) is 4.79 Å². The molecule has 1 aliphatic rings. The fourth-order valence-electron chi connectivity index (χ4n) is 2.46. The maximum Gasteiger partial charge on any atom is 0.316 e. The molecule has 19 heavy (non-hydrogen) atoms. The number of hydrogen-bond acceptors (Lipinski definition) is 2. The number of carbonyl (C=O) groups excluding carboxylic acids is 1. The molecule has 0 atom stereocenters. The molecule has 1 aromatic carbocycles. The summed E-state index contributed by atoms with van der Waals surface area (Å²) in [5.74, 6) is 0. The number of benzene rings is 1. The number of amides is 2. The van der Waals surface area contributed by atoms with Gasteiger partial charge in [-0.2, -0.15) is 5.26 Å². The Balaban J connectivity index is 1.85. The highest BCUT2D eigenvalue weighted by atomic mass is 16.2. The SMILES string of the molecule is N#CC1(NC(=O)NCc2ccccc2)CCCCC1. The molecule has 4 nitrogen and oxygen atoms in total. The summed E-state index contributed by atoms with van der Waals surface area (Å²) in [6.45, 7) is 0.480. The number of rotatable bonds is 3. The Kier molecular flexibility index (Phi) is 4.40. The second-order valence-corrected chi connectivity index (χ2v) is 5.05. The third kappa shape index (κ3) is 3.72. The summed E-state index contributed by atoms with van der Waals surface area (Å²) in [5, 5.41) is 14.9. The topological polar surface area (TPSA) is 64.9 Å². The van der Waals surface area contributed by atoms with E-state index in [4.69, 9.17) is 0 Å². The molecular weight excluding hydrogens is 238 g/mol. The lowest BCUT2D eigenvalue weighted by molar-refractivity contribution is 0.222. The molecule has 0 spiro atoms. The van der Waals surface area contributed by atoms with Crippen LogP contribution < -0.4 is 10.6 Å². The molecular formula is C15H19N3O. The Morgan fingerprint density at radius 3 is 2.53 bits per heavy atom. The third-order valence-corrected chi connectivity index (χ3v) is 3.57. The Morgan fingerprint density at radius 2 is 1.89 bits per heavy atom. The standard InChI is InChI=1S/C15H19N3O/c16-12-15(9-5-2-6-10-15)18-14(19)17-11-13-7-3-1-4-8-13/h1,3-4,7-8H,2,5-6,9-11H2,(H2,17,18,19). The van der Waals surface area contributed by atoms with Crippen molar-refractivity contribution in [3.8, 4) is 6.07 Å². The quantitative estimate of drug-likeness (QED) is 0.874. The average molecular weight is 257 g/mol. The van der Waals surface area contributed by atoms with Crippen molar-refractivity contribution in [2.45, 2.75) is 44.2 Å². The van der Waals surface area contributed by atoms with Crippen LogP contribution in [0.4, 0.5) is 4.79 Å². The van der Waals surface area contributed by atoms with E-state index >= 15 is 0 Å². The van der Waals surface area contributed by atoms with E-state index in [9.17, 15) is 10.1 Å². The van der Waals surface area contributed by atoms with Crippen LogP contribution in [0.5, 0.6) is 0 Å². The number of nitrogens with one attached hydrogen (secondary N) is 2. The minimum Gasteiger partial charge on any atom is -0.334 e. The van der Waals surface area contributed by atoms with Crippen LogP contribution in [0, 0.1) is 11.3 Å². The van der Waals surface area contributed by atoms with Crippen molar-refractivity contribution < 1.29 is 4.79 Å². The van der Waals surface area contributed by atoms with Crippen molar-refractivity contribution in [2.75, 3.05) is 0 Å². The van der Waals surface area contributed by atoms with Gasteiger partial charge in [-0.3, -0.25) is 0 Å². The molecule has 0 unspecified atom stereocenters. The maximum absolute atomic E-state index is 11.9. The predicted molar refractivity (Wildman–Crippen MR) is 73.2 cm³/mol. The van der Waals surface area contributed by atoms with Gasteiger partial charge in [0.25, 0.3) is 0 Å². The van der Waals surface area contributed by atoms with Gasteiger partial charge >= 0.3 is 6.03 Å². The first-order valence-corrected chi connectivity index (χ1v) is 6.75. The lowest BCUT2D eigenvalue weighted by Gasteiger charge is -2.31. The smallest absolute Gasteiger partial charge is 0.316 e. The summed E-state index contributed by atoms with van der Waals surface area (Å²) >= 11 is 0. The zero-order valence-electron chi connectivity index (χ0n) is 11.0. The van der Waals surface area contributed by atoms with Crippen molar-refractivity contribution in [1.82, 2.24) is 10.6 Å². The fourth-order valence-corrected chi connectivity index (χ4v) is 2.46. The molecule has 2 rings (SSSR count). The first-order valence-electron chi connectivity index (χ1n) is 6.75. The van der Waals surface area contributed by atoms with Crippen LogP contribution in [0.3, 0.4) is 0 Å². The summed E-state index contributed by atoms with van der Waals surface area (Å²) < 4.78 is 0. The molecule has 1 fully saturated rings. The normalized spacial score (nSPS) is 17.2. The van der Waals surface area contributed by atoms with Gasteiger partial charge in [0.05, 0.1) is 6.07 Å². The van der Waals surface area contributed by atoms with Crippen LogP contribution in [0.1, 0.15) is 37.7 Å². The molecule has 1 aliphatic carbocycles. The number of nitriles is 1. The zero-order valence-corrected chi connectivity index (χ0v) is 11.0. The number of nitrogens with zero attached hydrogens (tertiary/aromatic N) is 1. The van der Waals surface area contributed by atoms with E-state index in [2.05, 4.69) is 16.7 Å². The molecule has 2 amide bonds. The van der Waals surface area contributed by atoms with Crippen LogP contribution in [0.2, 0.25) is 0 Å². The molecule has 0 heterocycles. The first-order chi connectivity index (χ1) is 9.24. The molecule has 1 aromatic rings. The van der Waals surface area contributed by atoms with Gasteiger partial charge in [0.1, 0.15) is 5.54 Å². The number of urea groups is 1. The van der Waals surface area contributed by atoms with Gasteiger partial charge in [-0.05, 0) is 18.4 Å². The number of carbonyl (C=O) groups is 1. The largest absolute Gasteiger partial charge is 0.334 e. The van der Waals surface area contributed by atoms with Gasteiger partial charge in [0.2, 0.25) is 0 Å². The second kappa shape index (κ2) is 6.24. The second-order valence-electron chi connectivity index (χ2n) is 5.05. The monoisotopic (exact) mass is 257 g/mol. The predicted octanol–water partition coefficient (Wildman–Crippen LogP) is 2.71. The molecule has 100 valence electrons. The average Bonchev–Trinajstić information content (AvgIpc) is 2.47. The van der Waals surface area contributed by atoms with Crippen LogP contribution in [-0.4, -0.2) is 11.6 Å². The van der Waals surface area contributed by atoms with E-state index in [1.807, 2.05) is 30.3 Å². The molecule has 0 bridgehead atoms. The molecule has 0 saturated heterocycles. The molecule has 4 heteroatoms. The molecule has 0 aromatic heterocycles. The van der Waals surface area contributed by atoms with Gasteiger partial charge in [-0.15, -0.1) is 0 Å². The summed E-state index contributed by atoms with van der Waals surface area (Å²) in [6, 6.07) is 11.8. The van der Waals surface area contributed by atoms with Crippen LogP contribution in [-0.2, 0) is 6.54 Å². The minimum atomic E-state index is -0.668. The van der Waals surface area contributed by atoms with E-state index in [1.54, 1.807) is 0 Å². The van der Waals surface area contributed by atoms with Crippen LogP contribution in [0.25, 0.3) is 0 Å². The lowest BCUT2D eigenvalue weighted by Crippen LogP contribution is -2.52. The van der Waals surface area contributed by atoms with Crippen LogP contribution in [0.15, 0.2) is 30.3 Å². The number of hydrogen-bond donors (Lipinski definition) is 2. The van der Waals surface area contributed by atoms with Crippen molar-refractivity contribution in [2.24, 2.45) is 0 Å². The van der Waals surface area contributed by atoms with Crippen LogP contribution >= 0.6 is 0 Å². The highest BCUT2D eigenvalue weighted by Gasteiger charge is 2.33. The van der Waals surface area contributed by atoms with Gasteiger partial charge in [0, 0.05) is 6.54 Å². The Labute approximate surface area is 113 Å². The van der Waals surface area contributed by atoms with Gasteiger partial charge < -0.3 is 10.6 Å². The summed E-state index contributed by atoms with van der Waals surface area (Å²) in [6.07, 6.45) is 4.67. The highest BCUT2D eigenvalue weighted by Crippen LogP contribution is 2.27. The van der Waals surface area contributed by atoms with E-state index in [0.717, 1.165) is 37.7 Å². The minimum absolute atomic E-state index is 0.257. The molecule has 2 N–H and O–H groups in total. The zero-order chi connectivity index (χ0) is 13.6. The summed E-state index contributed by atoms with van der Waals surface area (Å²) in [7, 11) is 0. The lowest BCUT2D eigenvalue weighted by atomic mass is 9.83. The summed E-state index contributed by atoms with van der Waals surface area (Å²) in [4.78, 5) is 11.9. The van der Waals surface area contributed by atoms with Crippen molar-refractivity contribution in [1.29, 1.82) is 5.26 Å². The van der Waals surface area contributed by atoms with E-state index in [0.29, 0.717) is 6.54 Å². The third-order valence-electron chi connectivity index (χ3n) is 3.57. The Hall–Kier alpha value is -2.02. The van der Waals surface area contributed by atoms with E-state index in [1.165, 1.54) is 0 Å². The van der Waals surface area contributed by atoms with Gasteiger partial charge in [-0.1, -0.05) is 49.6 Å². The van der Waals surface area contributed by atoms with E-state index < -0.39 is 5.54 Å². The molecule has 0 aliphatic heterocycles. The molecule has 1 saturated carbocycles. The van der Waals surface area contributed by atoms with Gasteiger partial charge in [0.15, 0.2) is 0 Å². The van der Waals surface area contributed by atoms with Crippen molar-refractivity contribution in [3.05, 3.63) is 35.9 Å². The van der Waals surface area contributed by atoms with Crippen molar-refractivity contribution >= 4 is 6.03 Å². The fraction of sp³-hybridized carbons (Fsp3) is 0.467. The first kappa shape index (κ1) is 13.4. The maximum atomic E-state index is 11.9.